The lowest BCUT2D eigenvalue weighted by Gasteiger charge is -2.05. The standard InChI is InChI=1S/C11H21NO4/c1-2-3-9-16-11(15)12-8-6-4-5-7-10(13)14/h2-9H2,1H3,(H,12,15)(H,13,14). The number of aliphatic carboxylic acids is 1. The molecule has 0 unspecified atom stereocenters. The van der Waals surface area contributed by atoms with Crippen molar-refractivity contribution >= 4 is 12.1 Å². The van der Waals surface area contributed by atoms with Crippen molar-refractivity contribution in [2.75, 3.05) is 13.2 Å². The number of rotatable bonds is 9. The summed E-state index contributed by atoms with van der Waals surface area (Å²) in [6, 6.07) is 0. The third-order valence-electron chi connectivity index (χ3n) is 2.07. The third kappa shape index (κ3) is 10.8. The summed E-state index contributed by atoms with van der Waals surface area (Å²) in [5.74, 6) is -0.771. The van der Waals surface area contributed by atoms with Crippen LogP contribution >= 0.6 is 0 Å². The fraction of sp³-hybridized carbons (Fsp3) is 0.818. The van der Waals surface area contributed by atoms with Gasteiger partial charge in [0, 0.05) is 13.0 Å². The topological polar surface area (TPSA) is 75.6 Å². The van der Waals surface area contributed by atoms with Crippen molar-refractivity contribution in [3.05, 3.63) is 0 Å². The molecule has 0 aromatic carbocycles. The van der Waals surface area contributed by atoms with Gasteiger partial charge in [-0.15, -0.1) is 0 Å². The average Bonchev–Trinajstić information content (AvgIpc) is 2.23. The van der Waals surface area contributed by atoms with Crippen LogP contribution in [0.4, 0.5) is 4.79 Å². The van der Waals surface area contributed by atoms with Crippen molar-refractivity contribution in [3.8, 4) is 0 Å². The summed E-state index contributed by atoms with van der Waals surface area (Å²) in [5, 5.41) is 11.0. The third-order valence-corrected chi connectivity index (χ3v) is 2.07. The van der Waals surface area contributed by atoms with Crippen molar-refractivity contribution in [1.82, 2.24) is 5.32 Å². The number of nitrogens with one attached hydrogen (secondary N) is 1. The molecule has 0 atom stereocenters. The minimum Gasteiger partial charge on any atom is -0.481 e. The van der Waals surface area contributed by atoms with Crippen LogP contribution in [0, 0.1) is 0 Å². The molecule has 0 rings (SSSR count). The van der Waals surface area contributed by atoms with Gasteiger partial charge in [0.05, 0.1) is 6.61 Å². The van der Waals surface area contributed by atoms with Gasteiger partial charge < -0.3 is 15.2 Å². The number of carbonyl (C=O) groups is 2. The zero-order valence-corrected chi connectivity index (χ0v) is 9.83. The average molecular weight is 231 g/mol. The SMILES string of the molecule is CCCCOC(=O)NCCCCCC(=O)O. The van der Waals surface area contributed by atoms with Gasteiger partial charge in [0.15, 0.2) is 0 Å². The molecule has 0 aromatic rings. The molecule has 0 spiro atoms. The lowest BCUT2D eigenvalue weighted by atomic mass is 10.2. The Balaban J connectivity index is 3.18. The van der Waals surface area contributed by atoms with Crippen LogP contribution in [0.25, 0.3) is 0 Å². The second kappa shape index (κ2) is 10.3. The first kappa shape index (κ1) is 14.7. The number of amides is 1. The van der Waals surface area contributed by atoms with E-state index in [1.807, 2.05) is 6.92 Å². The van der Waals surface area contributed by atoms with Crippen LogP contribution in [0.1, 0.15) is 45.4 Å². The second-order valence-corrected chi connectivity index (χ2v) is 3.62. The van der Waals surface area contributed by atoms with Crippen molar-refractivity contribution < 1.29 is 19.4 Å². The van der Waals surface area contributed by atoms with Crippen LogP contribution in [0.3, 0.4) is 0 Å². The predicted molar refractivity (Wildman–Crippen MR) is 60.4 cm³/mol. The molecule has 0 aliphatic carbocycles. The summed E-state index contributed by atoms with van der Waals surface area (Å²) in [6.45, 7) is 3.04. The second-order valence-electron chi connectivity index (χ2n) is 3.62. The lowest BCUT2D eigenvalue weighted by molar-refractivity contribution is -0.137. The van der Waals surface area contributed by atoms with Crippen LogP contribution in [-0.4, -0.2) is 30.3 Å². The van der Waals surface area contributed by atoms with Crippen LogP contribution < -0.4 is 5.32 Å². The highest BCUT2D eigenvalue weighted by Crippen LogP contribution is 1.98. The summed E-state index contributed by atoms with van der Waals surface area (Å²) in [7, 11) is 0. The van der Waals surface area contributed by atoms with Crippen LogP contribution in [0.2, 0.25) is 0 Å². The highest BCUT2D eigenvalue weighted by molar-refractivity contribution is 5.67. The van der Waals surface area contributed by atoms with Crippen molar-refractivity contribution in [2.45, 2.75) is 45.4 Å². The smallest absolute Gasteiger partial charge is 0.407 e. The largest absolute Gasteiger partial charge is 0.481 e. The zero-order chi connectivity index (χ0) is 12.2. The molecular weight excluding hydrogens is 210 g/mol. The fourth-order valence-corrected chi connectivity index (χ4v) is 1.13. The summed E-state index contributed by atoms with van der Waals surface area (Å²) in [6.07, 6.45) is 3.95. The molecule has 2 N–H and O–H groups in total. The number of unbranched alkanes of at least 4 members (excludes halogenated alkanes) is 3. The van der Waals surface area contributed by atoms with E-state index in [1.54, 1.807) is 0 Å². The monoisotopic (exact) mass is 231 g/mol. The lowest BCUT2D eigenvalue weighted by Crippen LogP contribution is -2.25. The first-order chi connectivity index (χ1) is 7.66. The molecule has 0 radical (unpaired) electrons. The van der Waals surface area contributed by atoms with E-state index in [0.29, 0.717) is 19.6 Å². The molecule has 0 saturated carbocycles. The highest BCUT2D eigenvalue weighted by Gasteiger charge is 2.00. The van der Waals surface area contributed by atoms with Gasteiger partial charge in [0.1, 0.15) is 0 Å². The molecule has 0 fully saturated rings. The minimum absolute atomic E-state index is 0.195. The van der Waals surface area contributed by atoms with E-state index in [4.69, 9.17) is 9.84 Å². The Morgan fingerprint density at radius 2 is 1.94 bits per heavy atom. The van der Waals surface area contributed by atoms with E-state index in [0.717, 1.165) is 25.7 Å². The molecule has 0 heterocycles. The Bertz CT molecular complexity index is 206. The van der Waals surface area contributed by atoms with Gasteiger partial charge >= 0.3 is 12.1 Å². The molecule has 0 aliphatic rings. The summed E-state index contributed by atoms with van der Waals surface area (Å²) < 4.78 is 4.88. The molecular formula is C11H21NO4. The van der Waals surface area contributed by atoms with Crippen molar-refractivity contribution in [1.29, 1.82) is 0 Å². The van der Waals surface area contributed by atoms with Gasteiger partial charge in [0.25, 0.3) is 0 Å². The fourth-order valence-electron chi connectivity index (χ4n) is 1.13. The molecule has 16 heavy (non-hydrogen) atoms. The predicted octanol–water partition coefficient (Wildman–Crippen LogP) is 2.16. The first-order valence-corrected chi connectivity index (χ1v) is 5.79. The van der Waals surface area contributed by atoms with E-state index in [1.165, 1.54) is 0 Å². The maximum absolute atomic E-state index is 11.0. The molecule has 94 valence electrons. The quantitative estimate of drug-likeness (QED) is 0.596. The number of carboxylic acid groups (broad SMARTS) is 1. The summed E-state index contributed by atoms with van der Waals surface area (Å²) >= 11 is 0. The van der Waals surface area contributed by atoms with E-state index in [-0.39, 0.29) is 12.5 Å². The van der Waals surface area contributed by atoms with E-state index in [2.05, 4.69) is 5.32 Å². The Labute approximate surface area is 96.2 Å². The van der Waals surface area contributed by atoms with Gasteiger partial charge in [-0.3, -0.25) is 4.79 Å². The highest BCUT2D eigenvalue weighted by atomic mass is 16.5. The van der Waals surface area contributed by atoms with Crippen molar-refractivity contribution in [3.63, 3.8) is 0 Å². The Hall–Kier alpha value is -1.26. The Morgan fingerprint density at radius 1 is 1.19 bits per heavy atom. The van der Waals surface area contributed by atoms with Crippen LogP contribution in [-0.2, 0) is 9.53 Å². The van der Waals surface area contributed by atoms with Crippen LogP contribution in [0.5, 0.6) is 0 Å². The number of hydrogen-bond acceptors (Lipinski definition) is 3. The molecule has 0 aliphatic heterocycles. The van der Waals surface area contributed by atoms with Crippen LogP contribution in [0.15, 0.2) is 0 Å². The molecule has 1 amide bonds. The molecule has 0 aromatic heterocycles. The van der Waals surface area contributed by atoms with E-state index in [9.17, 15) is 9.59 Å². The number of carboxylic acids is 1. The van der Waals surface area contributed by atoms with E-state index < -0.39 is 5.97 Å². The maximum Gasteiger partial charge on any atom is 0.407 e. The minimum atomic E-state index is -0.771. The van der Waals surface area contributed by atoms with Crippen molar-refractivity contribution in [2.24, 2.45) is 0 Å². The Kier molecular flexibility index (Phi) is 9.46. The number of alkyl carbamates (subject to hydrolysis) is 1. The first-order valence-electron chi connectivity index (χ1n) is 5.79. The van der Waals surface area contributed by atoms with Gasteiger partial charge in [0.2, 0.25) is 0 Å². The number of hydrogen-bond donors (Lipinski definition) is 2. The molecule has 5 nitrogen and oxygen atoms in total. The van der Waals surface area contributed by atoms with E-state index >= 15 is 0 Å². The maximum atomic E-state index is 11.0. The molecule has 0 bridgehead atoms. The van der Waals surface area contributed by atoms with Gasteiger partial charge in [-0.2, -0.15) is 0 Å². The summed E-state index contributed by atoms with van der Waals surface area (Å²) in [5.41, 5.74) is 0. The molecule has 5 heteroatoms. The van der Waals surface area contributed by atoms with Gasteiger partial charge in [-0.05, 0) is 19.3 Å². The molecule has 0 saturated heterocycles. The Morgan fingerprint density at radius 3 is 2.56 bits per heavy atom. The number of carbonyl (C=O) groups excluding carboxylic acids is 1. The van der Waals surface area contributed by atoms with Gasteiger partial charge in [-0.1, -0.05) is 19.8 Å². The van der Waals surface area contributed by atoms with Gasteiger partial charge in [-0.25, -0.2) is 4.79 Å². The zero-order valence-electron chi connectivity index (χ0n) is 9.83. The number of ether oxygens (including phenoxy) is 1. The normalized spacial score (nSPS) is 9.81. The summed E-state index contributed by atoms with van der Waals surface area (Å²) in [4.78, 5) is 21.2.